The number of carbonyl (C=O) groups excluding carboxylic acids is 2. The number of thiophene rings is 1. The van der Waals surface area contributed by atoms with Crippen molar-refractivity contribution < 1.29 is 19.1 Å². The fraction of sp³-hybridized carbons (Fsp3) is 0.300. The monoisotopic (exact) mass is 557 g/mol. The van der Waals surface area contributed by atoms with Gasteiger partial charge < -0.3 is 25.0 Å². The van der Waals surface area contributed by atoms with E-state index in [1.807, 2.05) is 55.5 Å². The summed E-state index contributed by atoms with van der Waals surface area (Å²) in [6.07, 6.45) is 3.67. The highest BCUT2D eigenvalue weighted by Gasteiger charge is 2.34. The molecule has 0 spiro atoms. The molecule has 206 valence electrons. The minimum Gasteiger partial charge on any atom is -0.457 e. The summed E-state index contributed by atoms with van der Waals surface area (Å²) in [7, 11) is 3.72. The van der Waals surface area contributed by atoms with Crippen LogP contribution in [0, 0.1) is 6.92 Å². The van der Waals surface area contributed by atoms with Gasteiger partial charge in [0.15, 0.2) is 0 Å². The molecule has 4 heterocycles. The molecule has 0 aliphatic carbocycles. The van der Waals surface area contributed by atoms with Gasteiger partial charge in [0.1, 0.15) is 21.2 Å². The maximum Gasteiger partial charge on any atom is 0.331 e. The first kappa shape index (κ1) is 26.2. The molecule has 1 fully saturated rings. The summed E-state index contributed by atoms with van der Waals surface area (Å²) < 4.78 is 11.3. The molecule has 2 aromatic heterocycles. The maximum absolute atomic E-state index is 13.5. The van der Waals surface area contributed by atoms with Crippen LogP contribution in [0.1, 0.15) is 33.6 Å². The molecule has 40 heavy (non-hydrogen) atoms. The van der Waals surface area contributed by atoms with Crippen molar-refractivity contribution >= 4 is 50.6 Å². The lowest BCUT2D eigenvalue weighted by molar-refractivity contribution is 0.0917. The van der Waals surface area contributed by atoms with E-state index in [4.69, 9.17) is 9.47 Å². The molecule has 6 rings (SSSR count). The Morgan fingerprint density at radius 1 is 1.18 bits per heavy atom. The van der Waals surface area contributed by atoms with Crippen molar-refractivity contribution in [2.75, 3.05) is 37.5 Å². The summed E-state index contributed by atoms with van der Waals surface area (Å²) in [6.45, 7) is 4.30. The lowest BCUT2D eigenvalue weighted by Gasteiger charge is -2.31. The van der Waals surface area contributed by atoms with Crippen LogP contribution in [0.25, 0.3) is 10.2 Å². The van der Waals surface area contributed by atoms with Gasteiger partial charge in [0.2, 0.25) is 0 Å². The number of pyridine rings is 1. The normalized spacial score (nSPS) is 17.1. The van der Waals surface area contributed by atoms with E-state index in [1.54, 1.807) is 18.2 Å². The van der Waals surface area contributed by atoms with Crippen molar-refractivity contribution in [3.05, 3.63) is 70.7 Å². The molecular weight excluding hydrogens is 526 g/mol. The number of rotatable bonds is 7. The number of aromatic nitrogens is 1. The summed E-state index contributed by atoms with van der Waals surface area (Å²) >= 11 is 1.30. The van der Waals surface area contributed by atoms with Gasteiger partial charge in [-0.3, -0.25) is 9.69 Å². The number of piperidine rings is 1. The second kappa shape index (κ2) is 10.9. The van der Waals surface area contributed by atoms with Crippen LogP contribution in [0.15, 0.2) is 54.7 Å². The average molecular weight is 558 g/mol. The van der Waals surface area contributed by atoms with Crippen LogP contribution in [-0.2, 0) is 11.3 Å². The van der Waals surface area contributed by atoms with Crippen molar-refractivity contribution in [1.29, 1.82) is 0 Å². The number of hydrogen-bond donors (Lipinski definition) is 2. The number of likely N-dealkylation sites (N-methyl/N-ethyl adjacent to an activating group) is 1. The number of benzene rings is 2. The fourth-order valence-electron chi connectivity index (χ4n) is 5.46. The number of aryl methyl sites for hydroxylation is 1. The van der Waals surface area contributed by atoms with E-state index >= 15 is 0 Å². The number of likely N-dealkylation sites (tertiary alicyclic amines) is 1. The van der Waals surface area contributed by atoms with E-state index in [-0.39, 0.29) is 18.0 Å². The predicted molar refractivity (Wildman–Crippen MR) is 157 cm³/mol. The Balaban J connectivity index is 1.29. The van der Waals surface area contributed by atoms with Crippen LogP contribution < -0.4 is 20.3 Å². The second-order valence-corrected chi connectivity index (χ2v) is 11.3. The van der Waals surface area contributed by atoms with Crippen LogP contribution in [0.4, 0.5) is 21.9 Å². The van der Waals surface area contributed by atoms with Crippen LogP contribution in [0.2, 0.25) is 0 Å². The number of ether oxygens (including phenoxy) is 2. The lowest BCUT2D eigenvalue weighted by atomic mass is 10.1. The number of nitrogens with zero attached hydrogens (tertiary/aromatic N) is 3. The summed E-state index contributed by atoms with van der Waals surface area (Å²) in [5.41, 5.74) is 3.83. The van der Waals surface area contributed by atoms with E-state index in [0.717, 1.165) is 48.1 Å². The van der Waals surface area contributed by atoms with Gasteiger partial charge in [-0.15, -0.1) is 11.3 Å². The molecule has 10 heteroatoms. The molecule has 4 aromatic rings. The van der Waals surface area contributed by atoms with Gasteiger partial charge in [-0.1, -0.05) is 12.1 Å². The summed E-state index contributed by atoms with van der Waals surface area (Å²) in [5, 5.41) is 6.93. The van der Waals surface area contributed by atoms with E-state index in [2.05, 4.69) is 27.6 Å². The smallest absolute Gasteiger partial charge is 0.331 e. The molecule has 0 radical (unpaired) electrons. The van der Waals surface area contributed by atoms with Crippen molar-refractivity contribution in [2.45, 2.75) is 32.4 Å². The van der Waals surface area contributed by atoms with E-state index in [1.165, 1.54) is 11.3 Å². The van der Waals surface area contributed by atoms with Gasteiger partial charge in [0, 0.05) is 25.9 Å². The van der Waals surface area contributed by atoms with Crippen LogP contribution >= 0.6 is 11.3 Å². The van der Waals surface area contributed by atoms with Gasteiger partial charge in [-0.05, 0) is 80.9 Å². The molecule has 9 nitrogen and oxygen atoms in total. The quantitative estimate of drug-likeness (QED) is 0.287. The minimum absolute atomic E-state index is 0.0812. The summed E-state index contributed by atoms with van der Waals surface area (Å²) in [5.74, 6) is 1.20. The van der Waals surface area contributed by atoms with Gasteiger partial charge in [0.05, 0.1) is 29.1 Å². The second-order valence-electron chi connectivity index (χ2n) is 10.3. The molecular formula is C30H31N5O4S. The molecule has 2 aliphatic heterocycles. The number of hydrogen-bond acceptors (Lipinski definition) is 7. The number of amides is 3. The van der Waals surface area contributed by atoms with Crippen LogP contribution in [-0.4, -0.2) is 55.1 Å². The Morgan fingerprint density at radius 3 is 2.83 bits per heavy atom. The minimum atomic E-state index is -0.325. The van der Waals surface area contributed by atoms with Gasteiger partial charge in [-0.25, -0.2) is 9.78 Å². The van der Waals surface area contributed by atoms with E-state index < -0.39 is 0 Å². The Bertz CT molecular complexity index is 1600. The summed E-state index contributed by atoms with van der Waals surface area (Å²) in [4.78, 5) is 36.4. The molecule has 3 amide bonds. The Hall–Kier alpha value is -3.99. The highest BCUT2D eigenvalue weighted by atomic mass is 32.1. The Kier molecular flexibility index (Phi) is 7.14. The van der Waals surface area contributed by atoms with Gasteiger partial charge in [-0.2, -0.15) is 0 Å². The van der Waals surface area contributed by atoms with Crippen molar-refractivity contribution in [2.24, 2.45) is 0 Å². The molecule has 2 aromatic carbocycles. The maximum atomic E-state index is 13.5. The molecule has 0 unspecified atom stereocenters. The van der Waals surface area contributed by atoms with Crippen LogP contribution in [0.3, 0.4) is 0 Å². The first-order chi connectivity index (χ1) is 19.4. The zero-order chi connectivity index (χ0) is 27.8. The highest BCUT2D eigenvalue weighted by Crippen LogP contribution is 2.46. The lowest BCUT2D eigenvalue weighted by Crippen LogP contribution is -2.46. The zero-order valence-electron chi connectivity index (χ0n) is 22.7. The number of methoxy groups -OCH3 is 1. The third-order valence-corrected chi connectivity index (χ3v) is 8.36. The number of nitrogens with one attached hydrogen (secondary N) is 2. The van der Waals surface area contributed by atoms with Crippen molar-refractivity contribution in [1.82, 2.24) is 15.2 Å². The fourth-order valence-corrected chi connectivity index (χ4v) is 6.48. The Morgan fingerprint density at radius 2 is 2.02 bits per heavy atom. The first-order valence-electron chi connectivity index (χ1n) is 13.3. The zero-order valence-corrected chi connectivity index (χ0v) is 23.5. The van der Waals surface area contributed by atoms with Gasteiger partial charge >= 0.3 is 6.03 Å². The summed E-state index contributed by atoms with van der Waals surface area (Å²) in [6, 6.07) is 15.0. The van der Waals surface area contributed by atoms with Crippen molar-refractivity contribution in [3.63, 3.8) is 0 Å². The van der Waals surface area contributed by atoms with E-state index in [0.29, 0.717) is 39.2 Å². The third-order valence-electron chi connectivity index (χ3n) is 7.27. The Labute approximate surface area is 236 Å². The highest BCUT2D eigenvalue weighted by molar-refractivity contribution is 7.21. The standard InChI is InChI=1S/C30H31N5O4S/c1-18-14-22(39-21-8-4-6-19(15-21)17-38-3)9-10-23(18)35-24-11-12-31-29-25(24)26(33-30(35)37)27(40-29)28(36)32-20-7-5-13-34(2)16-20/h4,6,8-12,14-15,20H,5,7,13,16-17H2,1-3H3,(H,32,36)(H,33,37)/t20-/m1/s1. The number of carbonyl (C=O) groups is 2. The molecule has 2 aliphatic rings. The number of anilines is 3. The molecule has 0 bridgehead atoms. The predicted octanol–water partition coefficient (Wildman–Crippen LogP) is 6.05. The first-order valence-corrected chi connectivity index (χ1v) is 14.1. The largest absolute Gasteiger partial charge is 0.457 e. The van der Waals surface area contributed by atoms with E-state index in [9.17, 15) is 9.59 Å². The molecule has 1 atom stereocenters. The molecule has 0 saturated carbocycles. The van der Waals surface area contributed by atoms with Crippen molar-refractivity contribution in [3.8, 4) is 11.5 Å². The SMILES string of the molecule is COCc1cccc(Oc2ccc(N3C(=O)Nc4c(C(=O)N[C@@H]5CCCN(C)C5)sc5nccc3c45)c(C)c2)c1. The molecule has 1 saturated heterocycles. The topological polar surface area (TPSA) is 96.0 Å². The molecule has 2 N–H and O–H groups in total. The average Bonchev–Trinajstić information content (AvgIpc) is 3.30. The number of urea groups is 1. The third kappa shape index (κ3) is 5.01. The van der Waals surface area contributed by atoms with Gasteiger partial charge in [0.25, 0.3) is 5.91 Å². The van der Waals surface area contributed by atoms with Crippen LogP contribution in [0.5, 0.6) is 11.5 Å².